The van der Waals surface area contributed by atoms with E-state index in [2.05, 4.69) is 40.5 Å². The first-order chi connectivity index (χ1) is 24.2. The molecule has 50 heavy (non-hydrogen) atoms. The van der Waals surface area contributed by atoms with Gasteiger partial charge in [-0.15, -0.1) is 0 Å². The Labute approximate surface area is 293 Å². The first-order valence-corrected chi connectivity index (χ1v) is 17.5. The number of anilines is 3. The van der Waals surface area contributed by atoms with Crippen molar-refractivity contribution in [2.75, 3.05) is 49.2 Å². The number of alkyl halides is 1. The third kappa shape index (κ3) is 5.98. The molecule has 3 fully saturated rings. The number of rotatable bonds is 7. The summed E-state index contributed by atoms with van der Waals surface area (Å²) in [6.45, 7) is 2.18. The van der Waals surface area contributed by atoms with Gasteiger partial charge in [0.15, 0.2) is 10.9 Å². The van der Waals surface area contributed by atoms with Crippen molar-refractivity contribution >= 4 is 66.9 Å². The van der Waals surface area contributed by atoms with Gasteiger partial charge in [-0.05, 0) is 56.5 Å². The smallest absolute Gasteiger partial charge is 0.323 e. The quantitative estimate of drug-likeness (QED) is 0.175. The highest BCUT2D eigenvalue weighted by Gasteiger charge is 2.49. The molecule has 6 heterocycles. The summed E-state index contributed by atoms with van der Waals surface area (Å²) in [6.07, 6.45) is 5.16. The number of thiazole rings is 1. The van der Waals surface area contributed by atoms with E-state index in [9.17, 15) is 13.6 Å². The van der Waals surface area contributed by atoms with Gasteiger partial charge in [-0.2, -0.15) is 9.97 Å². The van der Waals surface area contributed by atoms with Crippen molar-refractivity contribution in [2.45, 2.75) is 49.9 Å². The predicted molar refractivity (Wildman–Crippen MR) is 185 cm³/mol. The number of urea groups is 1. The van der Waals surface area contributed by atoms with Gasteiger partial charge >= 0.3 is 12.0 Å². The molecule has 3 aromatic heterocycles. The topological polar surface area (TPSA) is 147 Å². The standard InChI is InChI=1S/C33H32ClF3N10O2S/c34-21-12-20-26(25(37)24(21)19-2-3-22(36)28-27(19)43-30(38)50-28)44-31(49-15-33-7-1-9-47(33)14-17(35)13-33)45-29(20)41-18-5-10-46(11-6-18)32(48)42-23-4-8-39-16-40-23/h2-4,8,12,16-18H,1,5-7,9-11,13-15H2,(H2,38,43)(H,41,44,45)(H,39,40,42,48)/t17-,33+/m1/s1. The van der Waals surface area contributed by atoms with E-state index in [1.54, 1.807) is 23.2 Å². The number of carbonyl (C=O) groups is 1. The van der Waals surface area contributed by atoms with Gasteiger partial charge in [-0.3, -0.25) is 10.2 Å². The number of hydrogen-bond acceptors (Lipinski definition) is 11. The molecule has 17 heteroatoms. The van der Waals surface area contributed by atoms with E-state index in [1.165, 1.54) is 18.5 Å². The van der Waals surface area contributed by atoms with Crippen LogP contribution in [0, 0.1) is 11.6 Å². The Kier molecular flexibility index (Phi) is 8.47. The molecular formula is C33H32ClF3N10O2S. The molecule has 0 unspecified atom stereocenters. The molecule has 3 aliphatic rings. The van der Waals surface area contributed by atoms with E-state index < -0.39 is 23.3 Å². The van der Waals surface area contributed by atoms with Crippen LogP contribution in [0.15, 0.2) is 36.8 Å². The van der Waals surface area contributed by atoms with Crippen molar-refractivity contribution < 1.29 is 22.7 Å². The summed E-state index contributed by atoms with van der Waals surface area (Å²) in [6, 6.07) is 5.35. The lowest BCUT2D eigenvalue weighted by molar-refractivity contribution is 0.107. The number of carbonyl (C=O) groups excluding carboxylic acids is 1. The van der Waals surface area contributed by atoms with Gasteiger partial charge in [0.2, 0.25) is 0 Å². The van der Waals surface area contributed by atoms with Crippen molar-refractivity contribution in [2.24, 2.45) is 0 Å². The van der Waals surface area contributed by atoms with Crippen LogP contribution in [0.4, 0.5) is 34.7 Å². The molecule has 3 aliphatic heterocycles. The molecule has 3 saturated heterocycles. The van der Waals surface area contributed by atoms with Crippen molar-refractivity contribution in [3.63, 3.8) is 0 Å². The van der Waals surface area contributed by atoms with Gasteiger partial charge in [0.1, 0.15) is 42.1 Å². The maximum Gasteiger partial charge on any atom is 0.323 e. The first-order valence-electron chi connectivity index (χ1n) is 16.3. The Hall–Kier alpha value is -4.54. The number of ether oxygens (including phenoxy) is 1. The molecule has 0 aliphatic carbocycles. The zero-order valence-electron chi connectivity index (χ0n) is 26.6. The number of piperidine rings is 1. The minimum Gasteiger partial charge on any atom is -0.461 e. The Bertz CT molecular complexity index is 2100. The molecule has 260 valence electrons. The summed E-state index contributed by atoms with van der Waals surface area (Å²) in [5.41, 5.74) is 5.81. The van der Waals surface area contributed by atoms with E-state index in [0.717, 1.165) is 30.7 Å². The summed E-state index contributed by atoms with van der Waals surface area (Å²) < 4.78 is 52.3. The highest BCUT2D eigenvalue weighted by atomic mass is 35.5. The van der Waals surface area contributed by atoms with Crippen LogP contribution in [0.3, 0.4) is 0 Å². The third-order valence-electron chi connectivity index (χ3n) is 9.81. The Balaban J connectivity index is 1.12. The van der Waals surface area contributed by atoms with Crippen molar-refractivity contribution in [3.8, 4) is 17.1 Å². The number of nitrogens with two attached hydrogens (primary N) is 1. The van der Waals surface area contributed by atoms with Crippen LogP contribution in [-0.4, -0.2) is 91.3 Å². The number of nitrogens with zero attached hydrogens (tertiary/aromatic N) is 7. The van der Waals surface area contributed by atoms with Crippen LogP contribution in [0.1, 0.15) is 32.1 Å². The predicted octanol–water partition coefficient (Wildman–Crippen LogP) is 6.27. The number of benzene rings is 2. The number of halogens is 4. The van der Waals surface area contributed by atoms with Crippen LogP contribution in [-0.2, 0) is 0 Å². The molecule has 0 saturated carbocycles. The fraction of sp³-hybridized carbons (Fsp3) is 0.394. The molecule has 2 amide bonds. The normalized spacial score (nSPS) is 21.2. The van der Waals surface area contributed by atoms with E-state index in [4.69, 9.17) is 22.1 Å². The largest absolute Gasteiger partial charge is 0.461 e. The number of nitrogens with one attached hydrogen (secondary N) is 2. The van der Waals surface area contributed by atoms with Gasteiger partial charge in [0.25, 0.3) is 0 Å². The molecule has 5 aromatic rings. The molecule has 4 N–H and O–H groups in total. The second-order valence-corrected chi connectivity index (χ2v) is 14.4. The highest BCUT2D eigenvalue weighted by molar-refractivity contribution is 7.22. The van der Waals surface area contributed by atoms with E-state index >= 15 is 4.39 Å². The second-order valence-electron chi connectivity index (χ2n) is 12.9. The second kappa shape index (κ2) is 13.0. The average molecular weight is 725 g/mol. The van der Waals surface area contributed by atoms with Crippen LogP contribution >= 0.6 is 22.9 Å². The van der Waals surface area contributed by atoms with Crippen molar-refractivity contribution in [3.05, 3.63) is 53.4 Å². The lowest BCUT2D eigenvalue weighted by Crippen LogP contribution is -2.44. The van der Waals surface area contributed by atoms with Crippen LogP contribution in [0.2, 0.25) is 5.02 Å². The van der Waals surface area contributed by atoms with Gasteiger partial charge in [0, 0.05) is 54.8 Å². The number of likely N-dealkylation sites (tertiary alicyclic amines) is 1. The van der Waals surface area contributed by atoms with Gasteiger partial charge in [0.05, 0.1) is 20.8 Å². The lowest BCUT2D eigenvalue weighted by atomic mass is 9.95. The molecule has 0 radical (unpaired) electrons. The summed E-state index contributed by atoms with van der Waals surface area (Å²) in [5.74, 6) is -0.578. The van der Waals surface area contributed by atoms with Crippen molar-refractivity contribution in [1.82, 2.24) is 34.7 Å². The average Bonchev–Trinajstić information content (AvgIpc) is 3.78. The number of nitrogen functional groups attached to an aromatic ring is 1. The van der Waals surface area contributed by atoms with Gasteiger partial charge < -0.3 is 20.7 Å². The zero-order chi connectivity index (χ0) is 34.6. The number of amides is 2. The van der Waals surface area contributed by atoms with Crippen LogP contribution in [0.5, 0.6) is 6.01 Å². The van der Waals surface area contributed by atoms with Crippen LogP contribution < -0.4 is 21.1 Å². The molecule has 8 rings (SSSR count). The monoisotopic (exact) mass is 724 g/mol. The van der Waals surface area contributed by atoms with E-state index in [-0.39, 0.29) is 61.7 Å². The minimum atomic E-state index is -0.947. The Morgan fingerprint density at radius 1 is 1.14 bits per heavy atom. The SMILES string of the molecule is Nc1nc2c(-c3c(Cl)cc4c(NC5CCN(C(=O)Nc6ccncn6)CC5)nc(OC[C@@]56CCCN5C[C@H](F)C6)nc4c3F)ccc(F)c2s1. The third-order valence-corrected chi connectivity index (χ3v) is 11.0. The number of fused-ring (bicyclic) bond motifs is 3. The van der Waals surface area contributed by atoms with Crippen LogP contribution in [0.25, 0.3) is 32.2 Å². The number of hydrogen-bond donors (Lipinski definition) is 3. The molecule has 0 spiro atoms. The summed E-state index contributed by atoms with van der Waals surface area (Å²) in [5, 5.41) is 6.69. The Morgan fingerprint density at radius 3 is 2.78 bits per heavy atom. The molecule has 2 atom stereocenters. The van der Waals surface area contributed by atoms with Gasteiger partial charge in [-0.1, -0.05) is 22.9 Å². The fourth-order valence-electron chi connectivity index (χ4n) is 7.41. The highest BCUT2D eigenvalue weighted by Crippen LogP contribution is 2.43. The molecule has 2 aromatic carbocycles. The van der Waals surface area contributed by atoms with Gasteiger partial charge in [-0.25, -0.2) is 32.9 Å². The van der Waals surface area contributed by atoms with E-state index in [0.29, 0.717) is 55.9 Å². The minimum absolute atomic E-state index is 0.00954. The van der Waals surface area contributed by atoms with Crippen molar-refractivity contribution in [1.29, 1.82) is 0 Å². The molecule has 0 bridgehead atoms. The first kappa shape index (κ1) is 32.7. The molecular weight excluding hydrogens is 693 g/mol. The zero-order valence-corrected chi connectivity index (χ0v) is 28.2. The fourth-order valence-corrected chi connectivity index (χ4v) is 8.47. The molecule has 12 nitrogen and oxygen atoms in total. The van der Waals surface area contributed by atoms with E-state index in [1.807, 2.05) is 0 Å². The summed E-state index contributed by atoms with van der Waals surface area (Å²) in [7, 11) is 0. The maximum atomic E-state index is 16.8. The lowest BCUT2D eigenvalue weighted by Gasteiger charge is -2.33. The number of aromatic nitrogens is 5. The summed E-state index contributed by atoms with van der Waals surface area (Å²) in [4.78, 5) is 38.0. The Morgan fingerprint density at radius 2 is 1.98 bits per heavy atom. The summed E-state index contributed by atoms with van der Waals surface area (Å²) >= 11 is 7.74. The maximum absolute atomic E-state index is 16.8.